The summed E-state index contributed by atoms with van der Waals surface area (Å²) in [6.07, 6.45) is 12.6. The summed E-state index contributed by atoms with van der Waals surface area (Å²) >= 11 is 0. The molecule has 0 saturated heterocycles. The maximum absolute atomic E-state index is 11.5. The monoisotopic (exact) mass is 448 g/mol. The third-order valence-electron chi connectivity index (χ3n) is 7.05. The Morgan fingerprint density at radius 3 is 2.18 bits per heavy atom. The van der Waals surface area contributed by atoms with Crippen LogP contribution < -0.4 is 0 Å². The molecule has 0 aromatic heterocycles. The van der Waals surface area contributed by atoms with Gasteiger partial charge >= 0.3 is 5.97 Å². The molecular formula is C30H40O3. The Morgan fingerprint density at radius 2 is 1.58 bits per heavy atom. The predicted octanol–water partition coefficient (Wildman–Crippen LogP) is 7.23. The molecule has 1 aliphatic carbocycles. The molecule has 33 heavy (non-hydrogen) atoms. The molecule has 178 valence electrons. The number of aliphatic hydroxyl groups excluding tert-OH is 1. The maximum atomic E-state index is 11.5. The summed E-state index contributed by atoms with van der Waals surface area (Å²) in [6, 6.07) is 17.8. The third kappa shape index (κ3) is 7.85. The number of carbonyl (C=O) groups is 1. The van der Waals surface area contributed by atoms with E-state index in [1.54, 1.807) is 0 Å². The molecule has 3 nitrogen and oxygen atoms in total. The zero-order valence-corrected chi connectivity index (χ0v) is 20.2. The van der Waals surface area contributed by atoms with Gasteiger partial charge in [-0.1, -0.05) is 87.7 Å². The van der Waals surface area contributed by atoms with Crippen molar-refractivity contribution in [1.29, 1.82) is 0 Å². The van der Waals surface area contributed by atoms with Gasteiger partial charge in [-0.25, -0.2) is 4.79 Å². The normalized spacial score (nSPS) is 18.1. The van der Waals surface area contributed by atoms with Gasteiger partial charge in [0.05, 0.1) is 18.8 Å². The van der Waals surface area contributed by atoms with Crippen LogP contribution in [-0.4, -0.2) is 24.3 Å². The Morgan fingerprint density at radius 1 is 0.939 bits per heavy atom. The second kappa shape index (κ2) is 13.3. The van der Waals surface area contributed by atoms with Gasteiger partial charge in [0.15, 0.2) is 0 Å². The van der Waals surface area contributed by atoms with Gasteiger partial charge in [-0.05, 0) is 72.6 Å². The van der Waals surface area contributed by atoms with Crippen LogP contribution in [0.15, 0.2) is 60.7 Å². The van der Waals surface area contributed by atoms with Gasteiger partial charge in [0.2, 0.25) is 0 Å². The maximum Gasteiger partial charge on any atom is 0.335 e. The van der Waals surface area contributed by atoms with E-state index in [1.165, 1.54) is 73.6 Å². The summed E-state index contributed by atoms with van der Waals surface area (Å²) in [7, 11) is 0. The second-order valence-electron chi connectivity index (χ2n) is 9.53. The molecule has 2 aromatic carbocycles. The molecule has 0 spiro atoms. The Balaban J connectivity index is 1.44. The molecule has 3 rings (SSSR count). The lowest BCUT2D eigenvalue weighted by Gasteiger charge is -2.29. The van der Waals surface area contributed by atoms with Crippen molar-refractivity contribution in [1.82, 2.24) is 0 Å². The smallest absolute Gasteiger partial charge is 0.335 e. The average Bonchev–Trinajstić information content (AvgIpc) is 2.87. The lowest BCUT2D eigenvalue weighted by molar-refractivity contribution is -0.139. The molecule has 0 aliphatic heterocycles. The zero-order chi connectivity index (χ0) is 23.5. The Kier molecular flexibility index (Phi) is 10.2. The summed E-state index contributed by atoms with van der Waals surface area (Å²) in [5, 5.41) is 8.88. The van der Waals surface area contributed by atoms with Crippen LogP contribution in [0, 0.1) is 5.92 Å². The standard InChI is InChI=1S/C30H40O3/c1-3-4-5-7-24-9-13-26(14-10-24)28-17-19-29(20-18-28)27-15-11-25(12-16-27)8-6-21-33-30(32)23(2)22-31/h11-12,15-20,24,26,31H,2-10,13-14,21-22H2,1H3. The van der Waals surface area contributed by atoms with Crippen molar-refractivity contribution in [2.75, 3.05) is 13.2 Å². The number of rotatable bonds is 12. The molecular weight excluding hydrogens is 408 g/mol. The molecule has 0 amide bonds. The van der Waals surface area contributed by atoms with E-state index in [-0.39, 0.29) is 12.2 Å². The van der Waals surface area contributed by atoms with Gasteiger partial charge in [0, 0.05) is 0 Å². The van der Waals surface area contributed by atoms with E-state index in [9.17, 15) is 4.79 Å². The summed E-state index contributed by atoms with van der Waals surface area (Å²) in [5.74, 6) is 1.17. The van der Waals surface area contributed by atoms with Gasteiger partial charge in [-0.3, -0.25) is 0 Å². The number of carbonyl (C=O) groups excluding carboxylic acids is 1. The van der Waals surface area contributed by atoms with Gasteiger partial charge in [0.25, 0.3) is 0 Å². The highest BCUT2D eigenvalue weighted by Gasteiger charge is 2.22. The minimum Gasteiger partial charge on any atom is -0.462 e. The van der Waals surface area contributed by atoms with Crippen LogP contribution >= 0.6 is 0 Å². The van der Waals surface area contributed by atoms with Crippen LogP contribution in [0.4, 0.5) is 0 Å². The summed E-state index contributed by atoms with van der Waals surface area (Å²) < 4.78 is 5.10. The summed E-state index contributed by atoms with van der Waals surface area (Å²) in [4.78, 5) is 11.5. The average molecular weight is 449 g/mol. The van der Waals surface area contributed by atoms with E-state index in [1.807, 2.05) is 0 Å². The Hall–Kier alpha value is -2.39. The number of aliphatic hydroxyl groups is 1. The molecule has 0 atom stereocenters. The van der Waals surface area contributed by atoms with Crippen molar-refractivity contribution >= 4 is 5.97 Å². The van der Waals surface area contributed by atoms with Crippen molar-refractivity contribution in [2.24, 2.45) is 5.92 Å². The van der Waals surface area contributed by atoms with Crippen molar-refractivity contribution in [3.63, 3.8) is 0 Å². The van der Waals surface area contributed by atoms with E-state index < -0.39 is 5.97 Å². The fraction of sp³-hybridized carbons (Fsp3) is 0.500. The molecule has 2 aromatic rings. The van der Waals surface area contributed by atoms with E-state index in [0.29, 0.717) is 6.61 Å². The molecule has 3 heteroatoms. The minimum atomic E-state index is -0.517. The highest BCUT2D eigenvalue weighted by molar-refractivity contribution is 5.87. The summed E-state index contributed by atoms with van der Waals surface area (Å²) in [6.45, 7) is 5.73. The number of unbranched alkanes of at least 4 members (excludes halogenated alkanes) is 2. The predicted molar refractivity (Wildman–Crippen MR) is 136 cm³/mol. The first kappa shape index (κ1) is 25.2. The topological polar surface area (TPSA) is 46.5 Å². The van der Waals surface area contributed by atoms with Crippen LogP contribution in [0.3, 0.4) is 0 Å². The minimum absolute atomic E-state index is 0.0976. The molecule has 1 N–H and O–H groups in total. The first-order chi connectivity index (χ1) is 16.1. The molecule has 1 aliphatic rings. The van der Waals surface area contributed by atoms with E-state index in [4.69, 9.17) is 9.84 Å². The van der Waals surface area contributed by atoms with Crippen molar-refractivity contribution in [2.45, 2.75) is 77.0 Å². The fourth-order valence-electron chi connectivity index (χ4n) is 4.89. The SMILES string of the molecule is C=C(CO)C(=O)OCCCc1ccc(-c2ccc(C3CCC(CCCCC)CC3)cc2)cc1. The molecule has 0 radical (unpaired) electrons. The Labute approximate surface area is 199 Å². The molecule has 1 saturated carbocycles. The van der Waals surface area contributed by atoms with Crippen LogP contribution in [0.5, 0.6) is 0 Å². The number of ether oxygens (including phenoxy) is 1. The molecule has 0 bridgehead atoms. The fourth-order valence-corrected chi connectivity index (χ4v) is 4.89. The molecule has 0 unspecified atom stereocenters. The van der Waals surface area contributed by atoms with Crippen LogP contribution in [0.25, 0.3) is 11.1 Å². The number of hydrogen-bond acceptors (Lipinski definition) is 3. The van der Waals surface area contributed by atoms with Gasteiger partial charge in [-0.15, -0.1) is 0 Å². The molecule has 1 fully saturated rings. The number of esters is 1. The lowest BCUT2D eigenvalue weighted by Crippen LogP contribution is -2.13. The lowest BCUT2D eigenvalue weighted by atomic mass is 9.77. The number of aryl methyl sites for hydroxylation is 1. The highest BCUT2D eigenvalue weighted by atomic mass is 16.5. The van der Waals surface area contributed by atoms with Crippen molar-refractivity contribution < 1.29 is 14.6 Å². The highest BCUT2D eigenvalue weighted by Crippen LogP contribution is 2.38. The second-order valence-corrected chi connectivity index (χ2v) is 9.53. The first-order valence-corrected chi connectivity index (χ1v) is 12.8. The van der Waals surface area contributed by atoms with Crippen LogP contribution in [-0.2, 0) is 16.0 Å². The van der Waals surface area contributed by atoms with E-state index >= 15 is 0 Å². The van der Waals surface area contributed by atoms with E-state index in [0.717, 1.165) is 24.7 Å². The van der Waals surface area contributed by atoms with Gasteiger partial charge in [0.1, 0.15) is 0 Å². The largest absolute Gasteiger partial charge is 0.462 e. The zero-order valence-electron chi connectivity index (χ0n) is 20.2. The quantitative estimate of drug-likeness (QED) is 0.212. The Bertz CT molecular complexity index is 858. The summed E-state index contributed by atoms with van der Waals surface area (Å²) in [5.41, 5.74) is 5.31. The van der Waals surface area contributed by atoms with Crippen LogP contribution in [0.2, 0.25) is 0 Å². The van der Waals surface area contributed by atoms with E-state index in [2.05, 4.69) is 62.0 Å². The van der Waals surface area contributed by atoms with Gasteiger partial charge < -0.3 is 9.84 Å². The number of hydrogen-bond donors (Lipinski definition) is 1. The van der Waals surface area contributed by atoms with Crippen molar-refractivity contribution in [3.05, 3.63) is 71.8 Å². The first-order valence-electron chi connectivity index (χ1n) is 12.8. The van der Waals surface area contributed by atoms with Gasteiger partial charge in [-0.2, -0.15) is 0 Å². The van der Waals surface area contributed by atoms with Crippen LogP contribution in [0.1, 0.15) is 81.8 Å². The van der Waals surface area contributed by atoms with Crippen molar-refractivity contribution in [3.8, 4) is 11.1 Å². The third-order valence-corrected chi connectivity index (χ3v) is 7.05. The molecule has 0 heterocycles. The number of benzene rings is 2.